The van der Waals surface area contributed by atoms with E-state index >= 15 is 0 Å². The molecule has 2 bridgehead atoms. The van der Waals surface area contributed by atoms with E-state index in [1.807, 2.05) is 20.8 Å². The van der Waals surface area contributed by atoms with Crippen LogP contribution in [0.1, 0.15) is 66.2 Å². The number of carbonyl (C=O) groups is 1. The second-order valence-electron chi connectivity index (χ2n) is 8.12. The molecular formula is C17H28O2. The van der Waals surface area contributed by atoms with Gasteiger partial charge in [-0.1, -0.05) is 13.3 Å². The van der Waals surface area contributed by atoms with Gasteiger partial charge in [-0.3, -0.25) is 4.79 Å². The zero-order valence-corrected chi connectivity index (χ0v) is 12.9. The van der Waals surface area contributed by atoms with Gasteiger partial charge in [0, 0.05) is 5.92 Å². The van der Waals surface area contributed by atoms with Gasteiger partial charge in [-0.25, -0.2) is 0 Å². The fourth-order valence-electron chi connectivity index (χ4n) is 5.15. The van der Waals surface area contributed by atoms with Crippen LogP contribution in [-0.2, 0) is 9.53 Å². The molecule has 5 atom stereocenters. The highest BCUT2D eigenvalue weighted by atomic mass is 16.6. The monoisotopic (exact) mass is 264 g/mol. The van der Waals surface area contributed by atoms with E-state index < -0.39 is 0 Å². The molecule has 0 spiro atoms. The van der Waals surface area contributed by atoms with E-state index in [2.05, 4.69) is 6.92 Å². The van der Waals surface area contributed by atoms with Crippen molar-refractivity contribution in [3.05, 3.63) is 0 Å². The van der Waals surface area contributed by atoms with Crippen molar-refractivity contribution >= 4 is 5.97 Å². The Morgan fingerprint density at radius 2 is 1.95 bits per heavy atom. The maximum Gasteiger partial charge on any atom is 0.311 e. The molecule has 3 rings (SSSR count). The van der Waals surface area contributed by atoms with Crippen LogP contribution in [-0.4, -0.2) is 11.6 Å². The summed E-state index contributed by atoms with van der Waals surface area (Å²) in [6, 6.07) is 0. The molecule has 5 unspecified atom stereocenters. The molecule has 2 nitrogen and oxygen atoms in total. The number of ether oxygens (including phenoxy) is 1. The lowest BCUT2D eigenvalue weighted by atomic mass is 9.71. The first kappa shape index (κ1) is 13.5. The number of hydrogen-bond donors (Lipinski definition) is 0. The van der Waals surface area contributed by atoms with Crippen LogP contribution in [0.5, 0.6) is 0 Å². The molecule has 0 aromatic carbocycles. The Balaban J connectivity index is 1.80. The smallest absolute Gasteiger partial charge is 0.311 e. The SMILES string of the molecule is CCC1(OC(=O)C(C)(C)C)CC2CC1C1CCCC21. The van der Waals surface area contributed by atoms with E-state index in [9.17, 15) is 4.79 Å². The first-order valence-electron chi connectivity index (χ1n) is 8.11. The van der Waals surface area contributed by atoms with Gasteiger partial charge in [0.2, 0.25) is 0 Å². The molecular weight excluding hydrogens is 236 g/mol. The van der Waals surface area contributed by atoms with Crippen molar-refractivity contribution in [2.24, 2.45) is 29.1 Å². The molecule has 19 heavy (non-hydrogen) atoms. The summed E-state index contributed by atoms with van der Waals surface area (Å²) in [5.41, 5.74) is -0.500. The average Bonchev–Trinajstić information content (AvgIpc) is 2.97. The van der Waals surface area contributed by atoms with Crippen molar-refractivity contribution in [2.45, 2.75) is 71.8 Å². The zero-order chi connectivity index (χ0) is 13.8. The first-order valence-corrected chi connectivity index (χ1v) is 8.11. The summed E-state index contributed by atoms with van der Waals surface area (Å²) >= 11 is 0. The molecule has 0 saturated heterocycles. The summed E-state index contributed by atoms with van der Waals surface area (Å²) in [5, 5.41) is 0. The summed E-state index contributed by atoms with van der Waals surface area (Å²) < 4.78 is 6.12. The van der Waals surface area contributed by atoms with Gasteiger partial charge in [-0.2, -0.15) is 0 Å². The summed E-state index contributed by atoms with van der Waals surface area (Å²) in [7, 11) is 0. The number of carbonyl (C=O) groups excluding carboxylic acids is 1. The average molecular weight is 264 g/mol. The summed E-state index contributed by atoms with van der Waals surface area (Å²) in [5.74, 6) is 3.30. The molecule has 0 radical (unpaired) electrons. The highest BCUT2D eigenvalue weighted by Gasteiger charge is 2.62. The van der Waals surface area contributed by atoms with Gasteiger partial charge in [0.15, 0.2) is 0 Å². The molecule has 0 amide bonds. The third kappa shape index (κ3) is 1.94. The summed E-state index contributed by atoms with van der Waals surface area (Å²) in [6.07, 6.45) is 7.66. The fourth-order valence-corrected chi connectivity index (χ4v) is 5.15. The van der Waals surface area contributed by atoms with E-state index in [0.717, 1.165) is 30.6 Å². The fraction of sp³-hybridized carbons (Fsp3) is 0.941. The molecule has 0 aromatic heterocycles. The molecule has 3 saturated carbocycles. The number of rotatable bonds is 2. The molecule has 2 heteroatoms. The first-order chi connectivity index (χ1) is 8.87. The molecule has 3 fully saturated rings. The van der Waals surface area contributed by atoms with E-state index in [-0.39, 0.29) is 17.0 Å². The van der Waals surface area contributed by atoms with Crippen molar-refractivity contribution in [3.63, 3.8) is 0 Å². The maximum absolute atomic E-state index is 12.3. The summed E-state index contributed by atoms with van der Waals surface area (Å²) in [6.45, 7) is 8.10. The minimum absolute atomic E-state index is 0.00329. The Morgan fingerprint density at radius 1 is 1.26 bits per heavy atom. The molecule has 3 aliphatic carbocycles. The Kier molecular flexibility index (Phi) is 3.00. The topological polar surface area (TPSA) is 26.3 Å². The largest absolute Gasteiger partial charge is 0.458 e. The Labute approximate surface area is 117 Å². The van der Waals surface area contributed by atoms with Crippen molar-refractivity contribution in [1.82, 2.24) is 0 Å². The van der Waals surface area contributed by atoms with E-state index in [4.69, 9.17) is 4.74 Å². The zero-order valence-electron chi connectivity index (χ0n) is 12.9. The van der Waals surface area contributed by atoms with Gasteiger partial charge >= 0.3 is 5.97 Å². The lowest BCUT2D eigenvalue weighted by molar-refractivity contribution is -0.180. The van der Waals surface area contributed by atoms with Crippen molar-refractivity contribution in [2.75, 3.05) is 0 Å². The highest BCUT2D eigenvalue weighted by molar-refractivity contribution is 5.76. The van der Waals surface area contributed by atoms with Gasteiger partial charge < -0.3 is 4.74 Å². The van der Waals surface area contributed by atoms with Gasteiger partial charge in [0.05, 0.1) is 5.41 Å². The Hall–Kier alpha value is -0.530. The number of fused-ring (bicyclic) bond motifs is 5. The van der Waals surface area contributed by atoms with Gasteiger partial charge in [-0.15, -0.1) is 0 Å². The predicted molar refractivity (Wildman–Crippen MR) is 75.6 cm³/mol. The quantitative estimate of drug-likeness (QED) is 0.699. The Bertz CT molecular complexity index is 381. The molecule has 0 N–H and O–H groups in total. The van der Waals surface area contributed by atoms with Crippen LogP contribution in [0, 0.1) is 29.1 Å². The minimum Gasteiger partial charge on any atom is -0.458 e. The second kappa shape index (κ2) is 4.23. The molecule has 108 valence electrons. The third-order valence-corrected chi connectivity index (χ3v) is 6.09. The van der Waals surface area contributed by atoms with Crippen LogP contribution in [0.3, 0.4) is 0 Å². The predicted octanol–water partition coefficient (Wildman–Crippen LogP) is 4.18. The number of esters is 1. The Morgan fingerprint density at radius 3 is 2.58 bits per heavy atom. The molecule has 3 aliphatic rings. The van der Waals surface area contributed by atoms with E-state index in [1.165, 1.54) is 25.7 Å². The van der Waals surface area contributed by atoms with Crippen LogP contribution in [0.4, 0.5) is 0 Å². The standard InChI is InChI=1S/C17H28O2/c1-5-17(19-15(18)16(2,3)4)10-11-9-14(17)13-8-6-7-12(11)13/h11-14H,5-10H2,1-4H3. The number of hydrogen-bond acceptors (Lipinski definition) is 2. The van der Waals surface area contributed by atoms with Crippen LogP contribution >= 0.6 is 0 Å². The van der Waals surface area contributed by atoms with Crippen molar-refractivity contribution in [1.29, 1.82) is 0 Å². The van der Waals surface area contributed by atoms with Crippen molar-refractivity contribution in [3.8, 4) is 0 Å². The van der Waals surface area contributed by atoms with Crippen LogP contribution < -0.4 is 0 Å². The minimum atomic E-state index is -0.376. The normalized spacial score (nSPS) is 44.4. The van der Waals surface area contributed by atoms with Crippen LogP contribution in [0.2, 0.25) is 0 Å². The lowest BCUT2D eigenvalue weighted by Crippen LogP contribution is -2.46. The van der Waals surface area contributed by atoms with Gasteiger partial charge in [0.1, 0.15) is 5.60 Å². The van der Waals surface area contributed by atoms with Crippen LogP contribution in [0.25, 0.3) is 0 Å². The van der Waals surface area contributed by atoms with Crippen molar-refractivity contribution < 1.29 is 9.53 Å². The summed E-state index contributed by atoms with van der Waals surface area (Å²) in [4.78, 5) is 12.3. The third-order valence-electron chi connectivity index (χ3n) is 6.09. The lowest BCUT2D eigenvalue weighted by Gasteiger charge is -2.43. The van der Waals surface area contributed by atoms with E-state index in [1.54, 1.807) is 0 Å². The van der Waals surface area contributed by atoms with Gasteiger partial charge in [-0.05, 0) is 70.6 Å². The molecule has 0 heterocycles. The highest BCUT2D eigenvalue weighted by Crippen LogP contribution is 2.64. The second-order valence-corrected chi connectivity index (χ2v) is 8.12. The van der Waals surface area contributed by atoms with Gasteiger partial charge in [0.25, 0.3) is 0 Å². The molecule has 0 aliphatic heterocycles. The maximum atomic E-state index is 12.3. The van der Waals surface area contributed by atoms with E-state index in [0.29, 0.717) is 5.92 Å². The molecule has 0 aromatic rings. The van der Waals surface area contributed by atoms with Crippen LogP contribution in [0.15, 0.2) is 0 Å².